The third-order valence-corrected chi connectivity index (χ3v) is 3.14. The Morgan fingerprint density at radius 3 is 2.50 bits per heavy atom. The number of amides is 3. The second-order valence-electron chi connectivity index (χ2n) is 3.60. The minimum Gasteiger partial charge on any atom is -0.334 e. The first kappa shape index (κ1) is 12.3. The van der Waals surface area contributed by atoms with Crippen LogP contribution in [0, 0.1) is 0 Å². The number of rotatable bonds is 3. The van der Waals surface area contributed by atoms with Crippen molar-refractivity contribution in [2.24, 2.45) is 0 Å². The molecule has 0 aliphatic carbocycles. The molecule has 18 heavy (non-hydrogen) atoms. The molecule has 0 aliphatic heterocycles. The topological polar surface area (TPSA) is 58.2 Å². The zero-order valence-corrected chi connectivity index (χ0v) is 10.4. The Morgan fingerprint density at radius 1 is 1.06 bits per heavy atom. The summed E-state index contributed by atoms with van der Waals surface area (Å²) in [5.41, 5.74) is 0.983. The highest BCUT2D eigenvalue weighted by Gasteiger charge is 2.10. The van der Waals surface area contributed by atoms with Crippen LogP contribution in [0.25, 0.3) is 0 Å². The Morgan fingerprint density at radius 2 is 1.83 bits per heavy atom. The van der Waals surface area contributed by atoms with E-state index in [1.807, 2.05) is 30.3 Å². The maximum absolute atomic E-state index is 11.6. The van der Waals surface area contributed by atoms with Crippen LogP contribution in [0.5, 0.6) is 0 Å². The lowest BCUT2D eigenvalue weighted by Gasteiger charge is -2.05. The Bertz CT molecular complexity index is 523. The largest absolute Gasteiger partial charge is 0.334 e. The summed E-state index contributed by atoms with van der Waals surface area (Å²) in [5, 5.41) is 6.69. The summed E-state index contributed by atoms with van der Waals surface area (Å²) in [6.07, 6.45) is 0. The van der Waals surface area contributed by atoms with Gasteiger partial charge in [0.1, 0.15) is 0 Å². The molecular weight excluding hydrogens is 248 g/mol. The molecule has 0 spiro atoms. The number of benzene rings is 1. The number of hydrogen-bond acceptors (Lipinski definition) is 3. The molecule has 4 nitrogen and oxygen atoms in total. The third kappa shape index (κ3) is 3.43. The van der Waals surface area contributed by atoms with Gasteiger partial charge in [-0.25, -0.2) is 4.79 Å². The Labute approximate surface area is 109 Å². The highest BCUT2D eigenvalue weighted by molar-refractivity contribution is 7.12. The lowest BCUT2D eigenvalue weighted by Crippen LogP contribution is -2.38. The molecule has 0 aliphatic rings. The van der Waals surface area contributed by atoms with Crippen LogP contribution in [-0.2, 0) is 6.54 Å². The van der Waals surface area contributed by atoms with Crippen LogP contribution in [-0.4, -0.2) is 11.9 Å². The van der Waals surface area contributed by atoms with Crippen molar-refractivity contribution in [3.8, 4) is 0 Å². The van der Waals surface area contributed by atoms with Gasteiger partial charge in [-0.3, -0.25) is 10.1 Å². The van der Waals surface area contributed by atoms with Crippen LogP contribution in [0.2, 0.25) is 0 Å². The van der Waals surface area contributed by atoms with Crippen molar-refractivity contribution >= 4 is 23.3 Å². The van der Waals surface area contributed by atoms with Crippen molar-refractivity contribution in [1.29, 1.82) is 0 Å². The van der Waals surface area contributed by atoms with E-state index < -0.39 is 6.03 Å². The second kappa shape index (κ2) is 5.97. The van der Waals surface area contributed by atoms with Gasteiger partial charge in [0.15, 0.2) is 0 Å². The average molecular weight is 260 g/mol. The molecule has 3 amide bonds. The first-order valence-electron chi connectivity index (χ1n) is 5.42. The molecule has 0 atom stereocenters. The highest BCUT2D eigenvalue weighted by atomic mass is 32.1. The van der Waals surface area contributed by atoms with E-state index in [4.69, 9.17) is 0 Å². The number of hydrogen-bond donors (Lipinski definition) is 2. The molecule has 0 saturated heterocycles. The van der Waals surface area contributed by atoms with E-state index in [9.17, 15) is 9.59 Å². The van der Waals surface area contributed by atoms with Crippen LogP contribution < -0.4 is 10.6 Å². The van der Waals surface area contributed by atoms with Gasteiger partial charge in [0, 0.05) is 6.54 Å². The van der Waals surface area contributed by atoms with Gasteiger partial charge < -0.3 is 5.32 Å². The van der Waals surface area contributed by atoms with E-state index in [1.54, 1.807) is 17.5 Å². The minimum atomic E-state index is -0.489. The van der Waals surface area contributed by atoms with Gasteiger partial charge in [-0.1, -0.05) is 36.4 Å². The number of thiophene rings is 1. The van der Waals surface area contributed by atoms with Crippen LogP contribution in [0.3, 0.4) is 0 Å². The number of nitrogens with one attached hydrogen (secondary N) is 2. The molecule has 92 valence electrons. The first-order valence-corrected chi connectivity index (χ1v) is 6.30. The van der Waals surface area contributed by atoms with E-state index >= 15 is 0 Å². The van der Waals surface area contributed by atoms with Crippen molar-refractivity contribution in [3.05, 3.63) is 58.3 Å². The van der Waals surface area contributed by atoms with Gasteiger partial charge in [-0.2, -0.15) is 0 Å². The molecule has 0 fully saturated rings. The predicted molar refractivity (Wildman–Crippen MR) is 70.5 cm³/mol. The maximum Gasteiger partial charge on any atom is 0.322 e. The van der Waals surface area contributed by atoms with Crippen molar-refractivity contribution in [1.82, 2.24) is 10.6 Å². The van der Waals surface area contributed by atoms with Crippen molar-refractivity contribution < 1.29 is 9.59 Å². The van der Waals surface area contributed by atoms with Crippen LogP contribution in [0.1, 0.15) is 15.2 Å². The van der Waals surface area contributed by atoms with Gasteiger partial charge in [0.2, 0.25) is 0 Å². The normalized spacial score (nSPS) is 9.78. The SMILES string of the molecule is O=C(NCc1ccccc1)NC(=O)c1cccs1. The number of carbonyl (C=O) groups is 2. The van der Waals surface area contributed by atoms with E-state index in [2.05, 4.69) is 10.6 Å². The zero-order chi connectivity index (χ0) is 12.8. The molecule has 1 aromatic carbocycles. The fourth-order valence-corrected chi connectivity index (χ4v) is 2.01. The van der Waals surface area contributed by atoms with E-state index in [-0.39, 0.29) is 5.91 Å². The summed E-state index contributed by atoms with van der Waals surface area (Å²) in [6, 6.07) is 12.5. The number of urea groups is 1. The summed E-state index contributed by atoms with van der Waals surface area (Å²) in [7, 11) is 0. The summed E-state index contributed by atoms with van der Waals surface area (Å²) in [4.78, 5) is 23.6. The monoisotopic (exact) mass is 260 g/mol. The van der Waals surface area contributed by atoms with Gasteiger partial charge in [0.25, 0.3) is 5.91 Å². The molecule has 1 heterocycles. The molecule has 2 aromatic rings. The van der Waals surface area contributed by atoms with Gasteiger partial charge in [0.05, 0.1) is 4.88 Å². The molecule has 2 rings (SSSR count). The molecule has 0 unspecified atom stereocenters. The smallest absolute Gasteiger partial charge is 0.322 e. The molecule has 1 aromatic heterocycles. The standard InChI is InChI=1S/C13H12N2O2S/c16-12(11-7-4-8-18-11)15-13(17)14-9-10-5-2-1-3-6-10/h1-8H,9H2,(H2,14,15,16,17). The lowest BCUT2D eigenvalue weighted by molar-refractivity contribution is 0.0968. The summed E-state index contributed by atoms with van der Waals surface area (Å²) in [5.74, 6) is -0.379. The second-order valence-corrected chi connectivity index (χ2v) is 4.55. The molecule has 5 heteroatoms. The van der Waals surface area contributed by atoms with Crippen molar-refractivity contribution in [2.45, 2.75) is 6.54 Å². The van der Waals surface area contributed by atoms with Crippen LogP contribution >= 0.6 is 11.3 Å². The van der Waals surface area contributed by atoms with E-state index in [0.29, 0.717) is 11.4 Å². The molecule has 0 saturated carbocycles. The Kier molecular flexibility index (Phi) is 4.09. The predicted octanol–water partition coefficient (Wildman–Crippen LogP) is 2.39. The molecule has 0 radical (unpaired) electrons. The summed E-state index contributed by atoms with van der Waals surface area (Å²) >= 11 is 1.30. The van der Waals surface area contributed by atoms with E-state index in [0.717, 1.165) is 5.56 Å². The molecular formula is C13H12N2O2S. The fraction of sp³-hybridized carbons (Fsp3) is 0.0769. The van der Waals surface area contributed by atoms with Crippen LogP contribution in [0.15, 0.2) is 47.8 Å². The number of carbonyl (C=O) groups excluding carboxylic acids is 2. The number of imide groups is 1. The Hall–Kier alpha value is -2.14. The zero-order valence-electron chi connectivity index (χ0n) is 9.55. The van der Waals surface area contributed by atoms with Gasteiger partial charge in [-0.15, -0.1) is 11.3 Å². The van der Waals surface area contributed by atoms with E-state index in [1.165, 1.54) is 11.3 Å². The van der Waals surface area contributed by atoms with Crippen LogP contribution in [0.4, 0.5) is 4.79 Å². The quantitative estimate of drug-likeness (QED) is 0.890. The minimum absolute atomic E-state index is 0.379. The average Bonchev–Trinajstić information content (AvgIpc) is 2.91. The maximum atomic E-state index is 11.6. The molecule has 0 bridgehead atoms. The molecule has 2 N–H and O–H groups in total. The highest BCUT2D eigenvalue weighted by Crippen LogP contribution is 2.07. The summed E-state index contributed by atoms with van der Waals surface area (Å²) in [6.45, 7) is 0.393. The van der Waals surface area contributed by atoms with Gasteiger partial charge >= 0.3 is 6.03 Å². The fourth-order valence-electron chi connectivity index (χ4n) is 1.39. The lowest BCUT2D eigenvalue weighted by atomic mass is 10.2. The Balaban J connectivity index is 1.81. The van der Waals surface area contributed by atoms with Crippen molar-refractivity contribution in [2.75, 3.05) is 0 Å². The first-order chi connectivity index (χ1) is 8.75. The summed E-state index contributed by atoms with van der Waals surface area (Å²) < 4.78 is 0. The third-order valence-electron chi connectivity index (χ3n) is 2.27. The van der Waals surface area contributed by atoms with Crippen molar-refractivity contribution in [3.63, 3.8) is 0 Å². The van der Waals surface area contributed by atoms with Gasteiger partial charge in [-0.05, 0) is 17.0 Å².